The van der Waals surface area contributed by atoms with Gasteiger partial charge in [0, 0.05) is 13.5 Å². The maximum absolute atomic E-state index is 9.64. The molecule has 4 heteroatoms. The Morgan fingerprint density at radius 1 is 1.50 bits per heavy atom. The highest BCUT2D eigenvalue weighted by Gasteiger charge is 2.28. The second-order valence-electron chi connectivity index (χ2n) is 4.24. The molecule has 88 valence electrons. The van der Waals surface area contributed by atoms with Gasteiger partial charge in [-0.1, -0.05) is 12.1 Å². The fourth-order valence-electron chi connectivity index (χ4n) is 2.08. The molecule has 0 spiro atoms. The van der Waals surface area contributed by atoms with Crippen LogP contribution < -0.4 is 10.2 Å². The van der Waals surface area contributed by atoms with Crippen molar-refractivity contribution >= 4 is 0 Å². The third kappa shape index (κ3) is 2.04. The number of hydrogen-bond acceptors (Lipinski definition) is 4. The Kier molecular flexibility index (Phi) is 3.14. The number of aliphatic hydroxyl groups is 1. The van der Waals surface area contributed by atoms with E-state index < -0.39 is 6.23 Å². The summed E-state index contributed by atoms with van der Waals surface area (Å²) in [5.74, 6) is 0.899. The number of ether oxygens (including phenoxy) is 1. The third-order valence-corrected chi connectivity index (χ3v) is 3.07. The smallest absolute Gasteiger partial charge is 0.121 e. The molecule has 0 radical (unpaired) electrons. The van der Waals surface area contributed by atoms with Gasteiger partial charge in [0.15, 0.2) is 0 Å². The minimum atomic E-state index is -0.410. The molecular weight excluding hydrogens is 204 g/mol. The zero-order valence-corrected chi connectivity index (χ0v) is 9.90. The van der Waals surface area contributed by atoms with Crippen LogP contribution >= 0.6 is 0 Å². The number of methoxy groups -OCH3 is 1. The van der Waals surface area contributed by atoms with E-state index in [-0.39, 0.29) is 6.04 Å². The lowest BCUT2D eigenvalue weighted by molar-refractivity contribution is 0.0324. The fourth-order valence-corrected chi connectivity index (χ4v) is 2.08. The minimum absolute atomic E-state index is 0.185. The number of hydrogen-bond donors (Lipinski definition) is 2. The molecule has 2 atom stereocenters. The van der Waals surface area contributed by atoms with Crippen LogP contribution in [0.25, 0.3) is 0 Å². The predicted octanol–water partition coefficient (Wildman–Crippen LogP) is 1.20. The van der Waals surface area contributed by atoms with Crippen molar-refractivity contribution in [3.05, 3.63) is 29.3 Å². The van der Waals surface area contributed by atoms with E-state index in [0.717, 1.165) is 11.3 Å². The SMILES string of the molecule is COc1ccc(C2CC(O)N(C)N2)cc1C. The summed E-state index contributed by atoms with van der Waals surface area (Å²) in [4.78, 5) is 0. The molecule has 1 aromatic rings. The second-order valence-corrected chi connectivity index (χ2v) is 4.24. The lowest BCUT2D eigenvalue weighted by atomic mass is 10.0. The summed E-state index contributed by atoms with van der Waals surface area (Å²) in [6.45, 7) is 2.03. The Bertz CT molecular complexity index is 371. The molecule has 1 aliphatic rings. The van der Waals surface area contributed by atoms with Gasteiger partial charge < -0.3 is 9.84 Å². The number of benzene rings is 1. The van der Waals surface area contributed by atoms with Gasteiger partial charge in [-0.05, 0) is 24.1 Å². The van der Waals surface area contributed by atoms with Crippen molar-refractivity contribution < 1.29 is 9.84 Å². The quantitative estimate of drug-likeness (QED) is 0.789. The number of aliphatic hydroxyl groups excluding tert-OH is 1. The molecule has 2 unspecified atom stereocenters. The molecule has 1 fully saturated rings. The van der Waals surface area contributed by atoms with Gasteiger partial charge in [-0.25, -0.2) is 10.4 Å². The van der Waals surface area contributed by atoms with Crippen LogP contribution in [-0.2, 0) is 0 Å². The van der Waals surface area contributed by atoms with Gasteiger partial charge in [0.2, 0.25) is 0 Å². The molecule has 1 aromatic carbocycles. The Morgan fingerprint density at radius 2 is 2.25 bits per heavy atom. The van der Waals surface area contributed by atoms with Gasteiger partial charge in [0.25, 0.3) is 0 Å². The Hall–Kier alpha value is -1.10. The van der Waals surface area contributed by atoms with Crippen molar-refractivity contribution in [2.45, 2.75) is 25.6 Å². The first-order valence-electron chi connectivity index (χ1n) is 5.43. The lowest BCUT2D eigenvalue weighted by Crippen LogP contribution is -2.33. The molecule has 2 rings (SSSR count). The molecule has 1 saturated heterocycles. The summed E-state index contributed by atoms with van der Waals surface area (Å²) < 4.78 is 5.22. The number of rotatable bonds is 2. The Labute approximate surface area is 95.8 Å². The first kappa shape index (κ1) is 11.4. The van der Waals surface area contributed by atoms with Gasteiger partial charge in [-0.15, -0.1) is 0 Å². The van der Waals surface area contributed by atoms with Gasteiger partial charge in [0.05, 0.1) is 13.2 Å². The van der Waals surface area contributed by atoms with E-state index in [1.54, 1.807) is 12.1 Å². The number of aryl methyl sites for hydroxylation is 1. The summed E-state index contributed by atoms with van der Waals surface area (Å²) in [5, 5.41) is 11.4. The summed E-state index contributed by atoms with van der Waals surface area (Å²) in [5.41, 5.74) is 5.53. The molecule has 1 aliphatic heterocycles. The first-order valence-corrected chi connectivity index (χ1v) is 5.43. The van der Waals surface area contributed by atoms with Crippen LogP contribution in [0.1, 0.15) is 23.6 Å². The van der Waals surface area contributed by atoms with Crippen LogP contribution in [0.3, 0.4) is 0 Å². The van der Waals surface area contributed by atoms with Crippen LogP contribution in [0.2, 0.25) is 0 Å². The average Bonchev–Trinajstić information content (AvgIpc) is 2.59. The fraction of sp³-hybridized carbons (Fsp3) is 0.500. The van der Waals surface area contributed by atoms with Crippen LogP contribution in [0.5, 0.6) is 5.75 Å². The maximum atomic E-state index is 9.64. The van der Waals surface area contributed by atoms with Gasteiger partial charge in [0.1, 0.15) is 12.0 Å². The molecule has 0 saturated carbocycles. The number of hydrazine groups is 1. The summed E-state index contributed by atoms with van der Waals surface area (Å²) in [6.07, 6.45) is 0.301. The molecule has 0 amide bonds. The van der Waals surface area contributed by atoms with E-state index in [1.807, 2.05) is 26.1 Å². The van der Waals surface area contributed by atoms with Crippen molar-refractivity contribution in [2.75, 3.05) is 14.2 Å². The highest BCUT2D eigenvalue weighted by molar-refractivity contribution is 5.37. The molecule has 1 heterocycles. The third-order valence-electron chi connectivity index (χ3n) is 3.07. The molecule has 4 nitrogen and oxygen atoms in total. The van der Waals surface area contributed by atoms with Crippen molar-refractivity contribution in [1.82, 2.24) is 10.4 Å². The largest absolute Gasteiger partial charge is 0.496 e. The monoisotopic (exact) mass is 222 g/mol. The Morgan fingerprint density at radius 3 is 2.75 bits per heavy atom. The van der Waals surface area contributed by atoms with E-state index in [2.05, 4.69) is 11.5 Å². The normalized spacial score (nSPS) is 26.0. The minimum Gasteiger partial charge on any atom is -0.496 e. The molecule has 2 N–H and O–H groups in total. The van der Waals surface area contributed by atoms with Crippen LogP contribution in [0.4, 0.5) is 0 Å². The van der Waals surface area contributed by atoms with Gasteiger partial charge >= 0.3 is 0 Å². The van der Waals surface area contributed by atoms with Gasteiger partial charge in [-0.3, -0.25) is 0 Å². The molecule has 16 heavy (non-hydrogen) atoms. The van der Waals surface area contributed by atoms with Crippen molar-refractivity contribution in [3.8, 4) is 5.75 Å². The molecular formula is C12H18N2O2. The highest BCUT2D eigenvalue weighted by atomic mass is 16.5. The van der Waals surface area contributed by atoms with Crippen molar-refractivity contribution in [2.24, 2.45) is 0 Å². The number of nitrogens with one attached hydrogen (secondary N) is 1. The highest BCUT2D eigenvalue weighted by Crippen LogP contribution is 2.28. The summed E-state index contributed by atoms with van der Waals surface area (Å²) in [7, 11) is 3.52. The first-order chi connectivity index (χ1) is 7.61. The van der Waals surface area contributed by atoms with Crippen molar-refractivity contribution in [1.29, 1.82) is 0 Å². The van der Waals surface area contributed by atoms with E-state index >= 15 is 0 Å². The topological polar surface area (TPSA) is 44.7 Å². The molecule has 0 bridgehead atoms. The van der Waals surface area contributed by atoms with Crippen molar-refractivity contribution in [3.63, 3.8) is 0 Å². The van der Waals surface area contributed by atoms with E-state index in [0.29, 0.717) is 6.42 Å². The molecule has 0 aliphatic carbocycles. The number of nitrogens with zero attached hydrogens (tertiary/aromatic N) is 1. The van der Waals surface area contributed by atoms with Crippen LogP contribution in [0, 0.1) is 6.92 Å². The predicted molar refractivity (Wildman–Crippen MR) is 62.0 cm³/mol. The summed E-state index contributed by atoms with van der Waals surface area (Å²) >= 11 is 0. The van der Waals surface area contributed by atoms with E-state index in [9.17, 15) is 5.11 Å². The maximum Gasteiger partial charge on any atom is 0.121 e. The van der Waals surface area contributed by atoms with Gasteiger partial charge in [-0.2, -0.15) is 0 Å². The zero-order chi connectivity index (χ0) is 11.7. The second kappa shape index (κ2) is 4.41. The standard InChI is InChI=1S/C12H18N2O2/c1-8-6-9(4-5-11(8)16-3)10-7-12(15)14(2)13-10/h4-6,10,12-13,15H,7H2,1-3H3. The Balaban J connectivity index is 2.19. The summed E-state index contributed by atoms with van der Waals surface area (Å²) in [6, 6.07) is 6.29. The average molecular weight is 222 g/mol. The van der Waals surface area contributed by atoms with E-state index in [1.165, 1.54) is 5.56 Å². The molecule has 0 aromatic heterocycles. The van der Waals surface area contributed by atoms with E-state index in [4.69, 9.17) is 4.74 Å². The zero-order valence-electron chi connectivity index (χ0n) is 9.90. The van der Waals surface area contributed by atoms with Crippen LogP contribution in [0.15, 0.2) is 18.2 Å². The van der Waals surface area contributed by atoms with Crippen LogP contribution in [-0.4, -0.2) is 30.5 Å². The lowest BCUT2D eigenvalue weighted by Gasteiger charge is -2.15.